The predicted octanol–water partition coefficient (Wildman–Crippen LogP) is 0.651. The smallest absolute Gasteiger partial charge is 0.312 e. The summed E-state index contributed by atoms with van der Waals surface area (Å²) in [5.41, 5.74) is -1.23. The van der Waals surface area contributed by atoms with Crippen LogP contribution in [-0.4, -0.2) is 83.3 Å². The molecular weight excluding hydrogens is 388 g/mol. The van der Waals surface area contributed by atoms with Crippen LogP contribution in [0.4, 0.5) is 0 Å². The Morgan fingerprint density at radius 3 is 2.80 bits per heavy atom. The summed E-state index contributed by atoms with van der Waals surface area (Å²) in [5, 5.41) is 9.58. The quantitative estimate of drug-likeness (QED) is 0.520. The molecule has 0 aromatic heterocycles. The number of nitrogens with zero attached hydrogens (tertiary/aromatic N) is 2. The first-order chi connectivity index (χ1) is 14.5. The zero-order valence-electron chi connectivity index (χ0n) is 17.4. The molecule has 0 aliphatic carbocycles. The summed E-state index contributed by atoms with van der Waals surface area (Å²) in [4.78, 5) is 43.1. The number of ether oxygens (including phenoxy) is 2. The predicted molar refractivity (Wildman–Crippen MR) is 107 cm³/mol. The van der Waals surface area contributed by atoms with Gasteiger partial charge in [-0.3, -0.25) is 14.4 Å². The van der Waals surface area contributed by atoms with Gasteiger partial charge in [0.15, 0.2) is 0 Å². The highest BCUT2D eigenvalue weighted by molar-refractivity contribution is 5.99. The molecule has 0 saturated carbocycles. The molecule has 1 spiro atoms. The summed E-state index contributed by atoms with van der Waals surface area (Å²) in [6, 6.07) is -0.894. The van der Waals surface area contributed by atoms with E-state index in [2.05, 4.69) is 6.92 Å². The van der Waals surface area contributed by atoms with E-state index in [1.54, 1.807) is 11.0 Å². The molecule has 4 aliphatic rings. The molecule has 5 atom stereocenters. The van der Waals surface area contributed by atoms with Crippen LogP contribution in [0, 0.1) is 11.8 Å². The zero-order valence-corrected chi connectivity index (χ0v) is 17.4. The number of carbonyl (C=O) groups excluding carboxylic acids is 3. The number of likely N-dealkylation sites (tertiary alicyclic amines) is 1. The van der Waals surface area contributed by atoms with E-state index < -0.39 is 35.6 Å². The molecule has 8 heteroatoms. The van der Waals surface area contributed by atoms with Crippen LogP contribution in [-0.2, 0) is 23.9 Å². The van der Waals surface area contributed by atoms with Crippen molar-refractivity contribution in [3.8, 4) is 0 Å². The Hall–Kier alpha value is -2.19. The van der Waals surface area contributed by atoms with E-state index in [-0.39, 0.29) is 25.0 Å². The minimum absolute atomic E-state index is 0.0224. The molecule has 2 saturated heterocycles. The Morgan fingerprint density at radius 2 is 2.03 bits per heavy atom. The van der Waals surface area contributed by atoms with Crippen LogP contribution in [0.2, 0.25) is 0 Å². The Balaban J connectivity index is 1.78. The number of allylic oxidation sites excluding steroid dienone is 1. The Morgan fingerprint density at radius 1 is 1.20 bits per heavy atom. The van der Waals surface area contributed by atoms with E-state index in [0.29, 0.717) is 19.7 Å². The van der Waals surface area contributed by atoms with Gasteiger partial charge in [-0.05, 0) is 19.3 Å². The number of esters is 1. The van der Waals surface area contributed by atoms with Gasteiger partial charge in [0, 0.05) is 19.6 Å². The maximum absolute atomic E-state index is 13.6. The number of fused-ring (bicyclic) bond motifs is 2. The highest BCUT2D eigenvalue weighted by Gasteiger charge is 2.71. The summed E-state index contributed by atoms with van der Waals surface area (Å²) in [6.45, 7) is 3.13. The molecule has 0 aromatic carbocycles. The van der Waals surface area contributed by atoms with Crippen LogP contribution in [0.25, 0.3) is 0 Å². The number of β-amino-alcohol motifs (C(OH)–C–C–N with tert-alkyl or cyclic N) is 1. The number of hydrogen-bond acceptors (Lipinski definition) is 6. The van der Waals surface area contributed by atoms with Crippen LogP contribution in [0.5, 0.6) is 0 Å². The summed E-state index contributed by atoms with van der Waals surface area (Å²) < 4.78 is 11.9. The van der Waals surface area contributed by atoms with Gasteiger partial charge in [-0.15, -0.1) is 0 Å². The molecule has 8 nitrogen and oxygen atoms in total. The van der Waals surface area contributed by atoms with E-state index in [4.69, 9.17) is 9.47 Å². The van der Waals surface area contributed by atoms with E-state index in [9.17, 15) is 19.5 Å². The van der Waals surface area contributed by atoms with Crippen molar-refractivity contribution < 1.29 is 29.0 Å². The monoisotopic (exact) mass is 418 g/mol. The number of unbranched alkanes of at least 4 members (excludes halogenated alkanes) is 1. The Bertz CT molecular complexity index is 765. The van der Waals surface area contributed by atoms with Crippen LogP contribution in [0.1, 0.15) is 32.6 Å². The SMILES string of the molecule is CCCCN1CC=CC23O[C@@H]4/C=C\CCCOC(=O)C4[C@H]2C(=O)N(CCO)[C@@H]3C1=O. The standard InChI is InChI=1S/C22H30N2O6/c1-2-3-10-23-11-7-9-22-17(19(26)24(12-13-25)18(22)20(23)27)16-15(30-22)8-5-4-6-14-29-21(16)28/h5,7-9,15-18,25H,2-4,6,10-14H2,1H3/b8-5-/t15-,16?,17+,18-,22?/m1/s1. The molecule has 4 rings (SSSR count). The molecular formula is C22H30N2O6. The number of carbonyl (C=O) groups is 3. The van der Waals surface area contributed by atoms with Crippen molar-refractivity contribution in [2.45, 2.75) is 50.4 Å². The van der Waals surface area contributed by atoms with Gasteiger partial charge in [0.1, 0.15) is 17.6 Å². The van der Waals surface area contributed by atoms with E-state index in [1.165, 1.54) is 4.90 Å². The van der Waals surface area contributed by atoms with Gasteiger partial charge < -0.3 is 24.4 Å². The minimum Gasteiger partial charge on any atom is -0.465 e. The molecule has 0 aromatic rings. The van der Waals surface area contributed by atoms with Crippen molar-refractivity contribution in [1.82, 2.24) is 9.80 Å². The molecule has 30 heavy (non-hydrogen) atoms. The lowest BCUT2D eigenvalue weighted by molar-refractivity contribution is -0.155. The zero-order chi connectivity index (χ0) is 21.3. The first kappa shape index (κ1) is 21.1. The molecule has 4 heterocycles. The third kappa shape index (κ3) is 3.26. The van der Waals surface area contributed by atoms with Crippen LogP contribution in [0.15, 0.2) is 24.3 Å². The second-order valence-electron chi connectivity index (χ2n) is 8.38. The lowest BCUT2D eigenvalue weighted by atomic mass is 9.78. The second-order valence-corrected chi connectivity index (χ2v) is 8.38. The van der Waals surface area contributed by atoms with Gasteiger partial charge >= 0.3 is 5.97 Å². The average Bonchev–Trinajstić information content (AvgIpc) is 3.13. The van der Waals surface area contributed by atoms with Gasteiger partial charge in [-0.25, -0.2) is 0 Å². The third-order valence-electron chi connectivity index (χ3n) is 6.56. The number of aliphatic hydroxyl groups excluding tert-OH is 1. The number of rotatable bonds is 5. The van der Waals surface area contributed by atoms with Gasteiger partial charge in [0.2, 0.25) is 11.8 Å². The van der Waals surface area contributed by atoms with Crippen molar-refractivity contribution >= 4 is 17.8 Å². The number of hydrogen-bond donors (Lipinski definition) is 1. The number of aliphatic hydroxyl groups is 1. The lowest BCUT2D eigenvalue weighted by Gasteiger charge is -2.35. The summed E-state index contributed by atoms with van der Waals surface area (Å²) in [5.74, 6) is -2.64. The molecule has 4 aliphatic heterocycles. The molecule has 1 N–H and O–H groups in total. The Labute approximate surface area is 176 Å². The summed E-state index contributed by atoms with van der Waals surface area (Å²) in [7, 11) is 0. The fraction of sp³-hybridized carbons (Fsp3) is 0.682. The average molecular weight is 418 g/mol. The van der Waals surface area contributed by atoms with Gasteiger partial charge in [-0.2, -0.15) is 0 Å². The van der Waals surface area contributed by atoms with Gasteiger partial charge in [0.25, 0.3) is 0 Å². The second kappa shape index (κ2) is 8.51. The van der Waals surface area contributed by atoms with Gasteiger partial charge in [0.05, 0.1) is 25.2 Å². The number of amides is 2. The van der Waals surface area contributed by atoms with E-state index in [1.807, 2.05) is 18.2 Å². The van der Waals surface area contributed by atoms with Crippen molar-refractivity contribution in [2.24, 2.45) is 11.8 Å². The minimum atomic E-state index is -1.23. The normalized spacial score (nSPS) is 36.9. The molecule has 0 radical (unpaired) electrons. The fourth-order valence-corrected chi connectivity index (χ4v) is 5.20. The Kier molecular flexibility index (Phi) is 5.97. The summed E-state index contributed by atoms with van der Waals surface area (Å²) in [6.07, 6.45) is 10.1. The van der Waals surface area contributed by atoms with Gasteiger partial charge in [-0.1, -0.05) is 37.6 Å². The summed E-state index contributed by atoms with van der Waals surface area (Å²) >= 11 is 0. The van der Waals surface area contributed by atoms with E-state index >= 15 is 0 Å². The van der Waals surface area contributed by atoms with Crippen LogP contribution < -0.4 is 0 Å². The number of cyclic esters (lactones) is 1. The van der Waals surface area contributed by atoms with Crippen molar-refractivity contribution in [3.63, 3.8) is 0 Å². The third-order valence-corrected chi connectivity index (χ3v) is 6.56. The maximum atomic E-state index is 13.6. The van der Waals surface area contributed by atoms with Crippen molar-refractivity contribution in [1.29, 1.82) is 0 Å². The van der Waals surface area contributed by atoms with Crippen LogP contribution in [0.3, 0.4) is 0 Å². The molecule has 2 unspecified atom stereocenters. The molecule has 2 amide bonds. The maximum Gasteiger partial charge on any atom is 0.312 e. The van der Waals surface area contributed by atoms with E-state index in [0.717, 1.165) is 25.7 Å². The largest absolute Gasteiger partial charge is 0.465 e. The molecule has 0 bridgehead atoms. The molecule has 2 fully saturated rings. The van der Waals surface area contributed by atoms with Crippen molar-refractivity contribution in [2.75, 3.05) is 32.8 Å². The molecule has 164 valence electrons. The van der Waals surface area contributed by atoms with Crippen molar-refractivity contribution in [3.05, 3.63) is 24.3 Å². The lowest BCUT2D eigenvalue weighted by Crippen LogP contribution is -2.55. The highest BCUT2D eigenvalue weighted by Crippen LogP contribution is 2.52. The first-order valence-electron chi connectivity index (χ1n) is 10.9. The first-order valence-corrected chi connectivity index (χ1v) is 10.9. The van der Waals surface area contributed by atoms with Crippen LogP contribution >= 0.6 is 0 Å². The topological polar surface area (TPSA) is 96.4 Å². The fourth-order valence-electron chi connectivity index (χ4n) is 5.20. The highest BCUT2D eigenvalue weighted by atomic mass is 16.6.